The maximum Gasteiger partial charge on any atom is 0.260 e. The lowest BCUT2D eigenvalue weighted by Crippen LogP contribution is -2.41. The third-order valence-corrected chi connectivity index (χ3v) is 6.38. The van der Waals surface area contributed by atoms with Gasteiger partial charge in [-0.05, 0) is 49.6 Å². The van der Waals surface area contributed by atoms with E-state index in [1.165, 1.54) is 4.70 Å². The number of para-hydroxylation sites is 1. The molecule has 1 fully saturated rings. The van der Waals surface area contributed by atoms with Gasteiger partial charge in [-0.25, -0.2) is 4.98 Å². The van der Waals surface area contributed by atoms with Crippen molar-refractivity contribution in [1.82, 2.24) is 9.88 Å². The molecule has 0 saturated carbocycles. The minimum absolute atomic E-state index is 0.00150. The summed E-state index contributed by atoms with van der Waals surface area (Å²) in [6, 6.07) is 13.8. The molecule has 1 atom stereocenters. The summed E-state index contributed by atoms with van der Waals surface area (Å²) in [5.41, 5.74) is 2.09. The van der Waals surface area contributed by atoms with Crippen LogP contribution in [0.25, 0.3) is 10.2 Å². The predicted octanol–water partition coefficient (Wildman–Crippen LogP) is 5.04. The van der Waals surface area contributed by atoms with Crippen molar-refractivity contribution in [2.24, 2.45) is 0 Å². The molecule has 0 aliphatic carbocycles. The number of piperidine rings is 1. The average molecular weight is 401 g/mol. The smallest absolute Gasteiger partial charge is 0.260 e. The van der Waals surface area contributed by atoms with Crippen molar-refractivity contribution in [2.75, 3.05) is 19.7 Å². The van der Waals surface area contributed by atoms with E-state index in [9.17, 15) is 4.79 Å². The second-order valence-electron chi connectivity index (χ2n) is 6.92. The second-order valence-corrected chi connectivity index (χ2v) is 8.39. The highest BCUT2D eigenvalue weighted by Crippen LogP contribution is 2.33. The summed E-state index contributed by atoms with van der Waals surface area (Å²) in [4.78, 5) is 19.3. The Balaban J connectivity index is 1.41. The molecule has 1 aliphatic rings. The third-order valence-electron chi connectivity index (χ3n) is 4.87. The Morgan fingerprint density at radius 1 is 1.33 bits per heavy atom. The number of hydrogen-bond acceptors (Lipinski definition) is 4. The van der Waals surface area contributed by atoms with Crippen molar-refractivity contribution in [2.45, 2.75) is 25.7 Å². The number of aryl methyl sites for hydroxylation is 1. The molecule has 0 bridgehead atoms. The average Bonchev–Trinajstić information content (AvgIpc) is 3.13. The van der Waals surface area contributed by atoms with Crippen LogP contribution in [0.5, 0.6) is 5.75 Å². The molecule has 1 aromatic heterocycles. The first kappa shape index (κ1) is 18.3. The first-order valence-electron chi connectivity index (χ1n) is 9.12. The lowest BCUT2D eigenvalue weighted by molar-refractivity contribution is -0.134. The maximum atomic E-state index is 12.7. The fourth-order valence-corrected chi connectivity index (χ4v) is 4.69. The van der Waals surface area contributed by atoms with Gasteiger partial charge in [0.1, 0.15) is 5.75 Å². The van der Waals surface area contributed by atoms with E-state index in [0.717, 1.165) is 35.5 Å². The van der Waals surface area contributed by atoms with Gasteiger partial charge < -0.3 is 9.64 Å². The number of carbonyl (C=O) groups is 1. The van der Waals surface area contributed by atoms with E-state index in [1.54, 1.807) is 17.4 Å². The SMILES string of the molecule is Cc1ccc(Cl)c(OCC(=O)N2CCC[C@H](c3nc4ccccc4s3)C2)c1. The maximum absolute atomic E-state index is 12.7. The van der Waals surface area contributed by atoms with Gasteiger partial charge in [0, 0.05) is 19.0 Å². The number of rotatable bonds is 4. The van der Waals surface area contributed by atoms with Gasteiger partial charge in [0.25, 0.3) is 5.91 Å². The van der Waals surface area contributed by atoms with E-state index in [4.69, 9.17) is 21.3 Å². The largest absolute Gasteiger partial charge is 0.482 e. The minimum atomic E-state index is -0.00150. The van der Waals surface area contributed by atoms with Crippen LogP contribution in [0.15, 0.2) is 42.5 Å². The molecule has 2 aromatic carbocycles. The molecule has 2 heterocycles. The second kappa shape index (κ2) is 7.87. The molecule has 27 heavy (non-hydrogen) atoms. The number of amides is 1. The summed E-state index contributed by atoms with van der Waals surface area (Å²) in [5, 5.41) is 1.65. The molecule has 1 amide bonds. The molecular weight excluding hydrogens is 380 g/mol. The summed E-state index contributed by atoms with van der Waals surface area (Å²) in [6.45, 7) is 3.45. The van der Waals surface area contributed by atoms with Crippen LogP contribution in [0.1, 0.15) is 29.3 Å². The van der Waals surface area contributed by atoms with Gasteiger partial charge in [-0.2, -0.15) is 0 Å². The highest BCUT2D eigenvalue weighted by atomic mass is 35.5. The van der Waals surface area contributed by atoms with Gasteiger partial charge in [-0.1, -0.05) is 29.8 Å². The monoisotopic (exact) mass is 400 g/mol. The van der Waals surface area contributed by atoms with E-state index in [-0.39, 0.29) is 12.5 Å². The fourth-order valence-electron chi connectivity index (χ4n) is 3.42. The van der Waals surface area contributed by atoms with Crippen LogP contribution < -0.4 is 4.74 Å². The zero-order valence-electron chi connectivity index (χ0n) is 15.2. The van der Waals surface area contributed by atoms with E-state index in [2.05, 4.69) is 6.07 Å². The van der Waals surface area contributed by atoms with Gasteiger partial charge in [-0.3, -0.25) is 4.79 Å². The van der Waals surface area contributed by atoms with Crippen molar-refractivity contribution in [1.29, 1.82) is 0 Å². The fraction of sp³-hybridized carbons (Fsp3) is 0.333. The Bertz CT molecular complexity index is 939. The lowest BCUT2D eigenvalue weighted by atomic mass is 9.99. The molecule has 0 radical (unpaired) electrons. The zero-order chi connectivity index (χ0) is 18.8. The Labute approximate surface area is 167 Å². The molecule has 4 nitrogen and oxygen atoms in total. The van der Waals surface area contributed by atoms with Gasteiger partial charge in [0.05, 0.1) is 20.2 Å². The molecule has 3 aromatic rings. The van der Waals surface area contributed by atoms with Gasteiger partial charge in [0.15, 0.2) is 6.61 Å². The van der Waals surface area contributed by atoms with Crippen LogP contribution in [-0.2, 0) is 4.79 Å². The normalized spacial score (nSPS) is 17.3. The predicted molar refractivity (Wildman–Crippen MR) is 110 cm³/mol. The van der Waals surface area contributed by atoms with E-state index >= 15 is 0 Å². The number of nitrogens with zero attached hydrogens (tertiary/aromatic N) is 2. The topological polar surface area (TPSA) is 42.4 Å². The number of carbonyl (C=O) groups excluding carboxylic acids is 1. The van der Waals surface area contributed by atoms with Crippen molar-refractivity contribution in [3.63, 3.8) is 0 Å². The van der Waals surface area contributed by atoms with Crippen molar-refractivity contribution < 1.29 is 9.53 Å². The van der Waals surface area contributed by atoms with Crippen molar-refractivity contribution in [3.8, 4) is 5.75 Å². The Morgan fingerprint density at radius 3 is 3.04 bits per heavy atom. The molecule has 0 N–H and O–H groups in total. The first-order valence-corrected chi connectivity index (χ1v) is 10.3. The van der Waals surface area contributed by atoms with Crippen LogP contribution in [0, 0.1) is 6.92 Å². The molecular formula is C21H21ClN2O2S. The number of benzene rings is 2. The van der Waals surface area contributed by atoms with Crippen LogP contribution in [-0.4, -0.2) is 35.5 Å². The minimum Gasteiger partial charge on any atom is -0.482 e. The molecule has 1 saturated heterocycles. The highest BCUT2D eigenvalue weighted by Gasteiger charge is 2.27. The number of hydrogen-bond donors (Lipinski definition) is 0. The Hall–Kier alpha value is -2.11. The number of fused-ring (bicyclic) bond motifs is 1. The molecule has 4 rings (SSSR count). The molecule has 0 unspecified atom stereocenters. The number of aromatic nitrogens is 1. The summed E-state index contributed by atoms with van der Waals surface area (Å²) in [5.74, 6) is 0.853. The van der Waals surface area contributed by atoms with Gasteiger partial charge >= 0.3 is 0 Å². The number of thiazole rings is 1. The van der Waals surface area contributed by atoms with Gasteiger partial charge in [0.2, 0.25) is 0 Å². The van der Waals surface area contributed by atoms with E-state index < -0.39 is 0 Å². The Kier molecular flexibility index (Phi) is 5.32. The highest BCUT2D eigenvalue weighted by molar-refractivity contribution is 7.18. The first-order chi connectivity index (χ1) is 13.1. The summed E-state index contributed by atoms with van der Waals surface area (Å²) in [6.07, 6.45) is 2.05. The van der Waals surface area contributed by atoms with Crippen LogP contribution >= 0.6 is 22.9 Å². The summed E-state index contributed by atoms with van der Waals surface area (Å²) >= 11 is 7.88. The number of ether oxygens (including phenoxy) is 1. The lowest BCUT2D eigenvalue weighted by Gasteiger charge is -2.31. The summed E-state index contributed by atoms with van der Waals surface area (Å²) in [7, 11) is 0. The molecule has 0 spiro atoms. The number of halogens is 1. The van der Waals surface area contributed by atoms with E-state index in [1.807, 2.05) is 42.2 Å². The van der Waals surface area contributed by atoms with Crippen molar-refractivity contribution >= 4 is 39.1 Å². The third kappa shape index (κ3) is 4.09. The van der Waals surface area contributed by atoms with Gasteiger partial charge in [-0.15, -0.1) is 11.3 Å². The molecule has 140 valence electrons. The van der Waals surface area contributed by atoms with Crippen LogP contribution in [0.2, 0.25) is 5.02 Å². The molecule has 6 heteroatoms. The van der Waals surface area contributed by atoms with E-state index in [0.29, 0.717) is 23.2 Å². The quantitative estimate of drug-likeness (QED) is 0.615. The van der Waals surface area contributed by atoms with Crippen LogP contribution in [0.3, 0.4) is 0 Å². The van der Waals surface area contributed by atoms with Crippen LogP contribution in [0.4, 0.5) is 0 Å². The Morgan fingerprint density at radius 2 is 2.19 bits per heavy atom. The number of likely N-dealkylation sites (tertiary alicyclic amines) is 1. The zero-order valence-corrected chi connectivity index (χ0v) is 16.7. The standard InChI is InChI=1S/C21H21ClN2O2S/c1-14-8-9-16(22)18(11-14)26-13-20(25)24-10-4-5-15(12-24)21-23-17-6-2-3-7-19(17)27-21/h2-3,6-9,11,15H,4-5,10,12-13H2,1H3/t15-/m0/s1. The summed E-state index contributed by atoms with van der Waals surface area (Å²) < 4.78 is 6.89. The molecule has 1 aliphatic heterocycles. The van der Waals surface area contributed by atoms with Crippen molar-refractivity contribution in [3.05, 3.63) is 58.1 Å².